The van der Waals surface area contributed by atoms with E-state index >= 15 is 0 Å². The number of ether oxygens (including phenoxy) is 1. The second kappa shape index (κ2) is 12.8. The van der Waals surface area contributed by atoms with Crippen LogP contribution in [0, 0.1) is 5.92 Å². The Labute approximate surface area is 241 Å². The zero-order chi connectivity index (χ0) is 28.8. The molecule has 206 valence electrons. The third-order valence-electron chi connectivity index (χ3n) is 5.98. The van der Waals surface area contributed by atoms with E-state index in [0.717, 1.165) is 16.0 Å². The highest BCUT2D eigenvalue weighted by Crippen LogP contribution is 2.25. The molecule has 2 N–H and O–H groups in total. The van der Waals surface area contributed by atoms with Gasteiger partial charge >= 0.3 is 5.97 Å². The average molecular weight is 580 g/mol. The van der Waals surface area contributed by atoms with Crippen LogP contribution in [0.5, 0.6) is 0 Å². The Morgan fingerprint density at radius 3 is 2.05 bits per heavy atom. The van der Waals surface area contributed by atoms with Crippen molar-refractivity contribution in [3.63, 3.8) is 0 Å². The van der Waals surface area contributed by atoms with Crippen molar-refractivity contribution in [3.8, 4) is 0 Å². The number of amides is 3. The Bertz CT molecular complexity index is 1450. The summed E-state index contributed by atoms with van der Waals surface area (Å²) < 4.78 is 5.21. The maximum absolute atomic E-state index is 12.8. The van der Waals surface area contributed by atoms with Crippen LogP contribution in [0.4, 0.5) is 5.69 Å². The molecule has 3 aromatic carbocycles. The van der Waals surface area contributed by atoms with Crippen LogP contribution in [0.2, 0.25) is 5.02 Å². The minimum atomic E-state index is -0.573. The van der Waals surface area contributed by atoms with Crippen LogP contribution in [0.1, 0.15) is 45.7 Å². The zero-order valence-electron chi connectivity index (χ0n) is 21.9. The van der Waals surface area contributed by atoms with Gasteiger partial charge in [0, 0.05) is 22.8 Å². The van der Waals surface area contributed by atoms with Gasteiger partial charge in [-0.1, -0.05) is 61.3 Å². The van der Waals surface area contributed by atoms with Crippen molar-refractivity contribution in [1.82, 2.24) is 10.2 Å². The van der Waals surface area contributed by atoms with Crippen molar-refractivity contribution in [3.05, 3.63) is 111 Å². The van der Waals surface area contributed by atoms with E-state index in [-0.39, 0.29) is 35.6 Å². The van der Waals surface area contributed by atoms with E-state index in [1.165, 1.54) is 0 Å². The smallest absolute Gasteiger partial charge is 0.338 e. The summed E-state index contributed by atoms with van der Waals surface area (Å²) in [6.45, 7) is 4.54. The standard InChI is InChI=1S/C30H27Cl2N3O5/c1-18(2)17-40-30(39)22-9-13-24(14-10-22)34-27(36)21-7-3-19(4-8-21)15-33-26-25(32)28(37)35(29(26)38)16-20-5-11-23(31)12-6-20/h3-14,18,33H,15-17H2,1-2H3,(H,34,36). The van der Waals surface area contributed by atoms with Gasteiger partial charge in [-0.25, -0.2) is 4.79 Å². The highest BCUT2D eigenvalue weighted by atomic mass is 35.5. The van der Waals surface area contributed by atoms with Crippen molar-refractivity contribution in [2.24, 2.45) is 5.92 Å². The number of esters is 1. The van der Waals surface area contributed by atoms with Crippen molar-refractivity contribution in [1.29, 1.82) is 0 Å². The molecule has 0 saturated heterocycles. The van der Waals surface area contributed by atoms with Crippen molar-refractivity contribution >= 4 is 52.6 Å². The molecule has 10 heteroatoms. The lowest BCUT2D eigenvalue weighted by molar-refractivity contribution is -0.138. The molecule has 3 amide bonds. The van der Waals surface area contributed by atoms with Crippen LogP contribution >= 0.6 is 23.2 Å². The van der Waals surface area contributed by atoms with E-state index in [1.807, 2.05) is 13.8 Å². The molecule has 0 fully saturated rings. The number of hydrogen-bond acceptors (Lipinski definition) is 6. The summed E-state index contributed by atoms with van der Waals surface area (Å²) in [5, 5.41) is 6.12. The van der Waals surface area contributed by atoms with Gasteiger partial charge in [0.1, 0.15) is 10.7 Å². The molecule has 0 atom stereocenters. The third-order valence-corrected chi connectivity index (χ3v) is 6.58. The molecule has 0 aliphatic carbocycles. The molecule has 1 aliphatic rings. The number of halogens is 2. The largest absolute Gasteiger partial charge is 0.462 e. The summed E-state index contributed by atoms with van der Waals surface area (Å²) in [5.74, 6) is -1.58. The molecule has 1 aliphatic heterocycles. The van der Waals surface area contributed by atoms with Gasteiger partial charge in [0.25, 0.3) is 17.7 Å². The van der Waals surface area contributed by atoms with Crippen LogP contribution < -0.4 is 10.6 Å². The topological polar surface area (TPSA) is 105 Å². The highest BCUT2D eigenvalue weighted by Gasteiger charge is 2.37. The fourth-order valence-corrected chi connectivity index (χ4v) is 4.17. The number of benzene rings is 3. The Hall–Kier alpha value is -4.14. The Balaban J connectivity index is 1.31. The van der Waals surface area contributed by atoms with Crippen molar-refractivity contribution < 1.29 is 23.9 Å². The number of carbonyl (C=O) groups is 4. The van der Waals surface area contributed by atoms with E-state index in [2.05, 4.69) is 10.6 Å². The van der Waals surface area contributed by atoms with Gasteiger partial charge in [-0.05, 0) is 65.6 Å². The maximum atomic E-state index is 12.8. The molecule has 8 nitrogen and oxygen atoms in total. The third kappa shape index (κ3) is 7.08. The van der Waals surface area contributed by atoms with Gasteiger partial charge < -0.3 is 15.4 Å². The first-order chi connectivity index (χ1) is 19.1. The van der Waals surface area contributed by atoms with E-state index in [0.29, 0.717) is 28.4 Å². The Morgan fingerprint density at radius 1 is 0.825 bits per heavy atom. The molecule has 0 saturated carbocycles. The van der Waals surface area contributed by atoms with Crippen molar-refractivity contribution in [2.75, 3.05) is 11.9 Å². The zero-order valence-corrected chi connectivity index (χ0v) is 23.4. The number of rotatable bonds is 10. The van der Waals surface area contributed by atoms with Crippen LogP contribution in [-0.4, -0.2) is 35.2 Å². The number of imide groups is 1. The van der Waals surface area contributed by atoms with Gasteiger partial charge in [0.2, 0.25) is 0 Å². The predicted molar refractivity (Wildman–Crippen MR) is 153 cm³/mol. The van der Waals surface area contributed by atoms with E-state index < -0.39 is 17.8 Å². The molecule has 0 bridgehead atoms. The number of nitrogens with one attached hydrogen (secondary N) is 2. The average Bonchev–Trinajstić information content (AvgIpc) is 3.14. The van der Waals surface area contributed by atoms with Gasteiger partial charge in [0.05, 0.1) is 18.7 Å². The first-order valence-electron chi connectivity index (χ1n) is 12.5. The molecule has 0 unspecified atom stereocenters. The number of nitrogens with zero attached hydrogens (tertiary/aromatic N) is 1. The first kappa shape index (κ1) is 28.9. The second-order valence-corrected chi connectivity index (χ2v) is 10.4. The van der Waals surface area contributed by atoms with Gasteiger partial charge in [-0.2, -0.15) is 0 Å². The molecule has 1 heterocycles. The normalized spacial score (nSPS) is 13.2. The molecular weight excluding hydrogens is 553 g/mol. The summed E-state index contributed by atoms with van der Waals surface area (Å²) in [6.07, 6.45) is 0. The Morgan fingerprint density at radius 2 is 1.43 bits per heavy atom. The molecule has 0 aromatic heterocycles. The van der Waals surface area contributed by atoms with Crippen LogP contribution in [0.3, 0.4) is 0 Å². The van der Waals surface area contributed by atoms with E-state index in [1.54, 1.807) is 72.8 Å². The fraction of sp³-hybridized carbons (Fsp3) is 0.200. The molecule has 3 aromatic rings. The summed E-state index contributed by atoms with van der Waals surface area (Å²) in [5.41, 5.74) is 2.90. The number of hydrogen-bond donors (Lipinski definition) is 2. The van der Waals surface area contributed by atoms with E-state index in [9.17, 15) is 19.2 Å². The summed E-state index contributed by atoms with van der Waals surface area (Å²) in [6, 6.07) is 20.1. The fourth-order valence-electron chi connectivity index (χ4n) is 3.80. The summed E-state index contributed by atoms with van der Waals surface area (Å²) >= 11 is 12.1. The van der Waals surface area contributed by atoms with Gasteiger partial charge in [0.15, 0.2) is 0 Å². The predicted octanol–water partition coefficient (Wildman–Crippen LogP) is 5.51. The highest BCUT2D eigenvalue weighted by molar-refractivity contribution is 6.47. The minimum absolute atomic E-state index is 0.0268. The maximum Gasteiger partial charge on any atom is 0.338 e. The molecule has 4 rings (SSSR count). The Kier molecular flexibility index (Phi) is 9.24. The molecule has 0 radical (unpaired) electrons. The van der Waals surface area contributed by atoms with E-state index in [4.69, 9.17) is 27.9 Å². The van der Waals surface area contributed by atoms with Crippen molar-refractivity contribution in [2.45, 2.75) is 26.9 Å². The first-order valence-corrected chi connectivity index (χ1v) is 13.3. The second-order valence-electron chi connectivity index (χ2n) is 9.59. The molecular formula is C30H27Cl2N3O5. The molecule has 0 spiro atoms. The lowest BCUT2D eigenvalue weighted by Crippen LogP contribution is -2.33. The summed E-state index contributed by atoms with van der Waals surface area (Å²) in [4.78, 5) is 51.2. The van der Waals surface area contributed by atoms with Crippen LogP contribution in [0.25, 0.3) is 0 Å². The lowest BCUT2D eigenvalue weighted by Gasteiger charge is -2.15. The lowest BCUT2D eigenvalue weighted by atomic mass is 10.1. The minimum Gasteiger partial charge on any atom is -0.462 e. The van der Waals surface area contributed by atoms with Crippen LogP contribution in [0.15, 0.2) is 83.5 Å². The quantitative estimate of drug-likeness (QED) is 0.242. The SMILES string of the molecule is CC(C)COC(=O)c1ccc(NC(=O)c2ccc(CNC3=C(Cl)C(=O)N(Cc4ccc(Cl)cc4)C3=O)cc2)cc1. The monoisotopic (exact) mass is 579 g/mol. The number of anilines is 1. The van der Waals surface area contributed by atoms with Gasteiger partial charge in [-0.15, -0.1) is 0 Å². The number of carbonyl (C=O) groups excluding carboxylic acids is 4. The van der Waals surface area contributed by atoms with Gasteiger partial charge in [-0.3, -0.25) is 19.3 Å². The molecule has 40 heavy (non-hydrogen) atoms. The summed E-state index contributed by atoms with van der Waals surface area (Å²) in [7, 11) is 0. The van der Waals surface area contributed by atoms with Crippen LogP contribution in [-0.2, 0) is 27.4 Å².